The van der Waals surface area contributed by atoms with Gasteiger partial charge in [0, 0.05) is 6.61 Å². The molecule has 10 heavy (non-hydrogen) atoms. The van der Waals surface area contributed by atoms with Gasteiger partial charge in [-0.25, -0.2) is 0 Å². The first-order chi connectivity index (χ1) is 4.74. The third kappa shape index (κ3) is 1.75. The molecule has 1 rings (SSSR count). The van der Waals surface area contributed by atoms with Crippen molar-refractivity contribution in [2.75, 3.05) is 6.61 Å². The van der Waals surface area contributed by atoms with Crippen molar-refractivity contribution < 1.29 is 4.74 Å². The Morgan fingerprint density at radius 2 is 2.30 bits per heavy atom. The molecule has 3 atom stereocenters. The topological polar surface area (TPSA) is 9.23 Å². The minimum Gasteiger partial charge on any atom is -0.378 e. The first-order valence-corrected chi connectivity index (χ1v) is 4.11. The summed E-state index contributed by atoms with van der Waals surface area (Å²) in [6, 6.07) is 0. The van der Waals surface area contributed by atoms with Crippen molar-refractivity contribution in [1.82, 2.24) is 0 Å². The van der Waals surface area contributed by atoms with Crippen LogP contribution < -0.4 is 0 Å². The van der Waals surface area contributed by atoms with E-state index in [4.69, 9.17) is 12.6 Å². The maximum atomic E-state index is 5.72. The van der Waals surface area contributed by atoms with E-state index in [9.17, 15) is 0 Å². The molecule has 0 amide bonds. The van der Waals surface area contributed by atoms with Gasteiger partial charge in [-0.15, -0.1) is 0 Å². The minimum absolute atomic E-state index is 0.276. The van der Waals surface area contributed by atoms with E-state index in [2.05, 4.69) is 13.8 Å². The van der Waals surface area contributed by atoms with Crippen molar-refractivity contribution in [3.63, 3.8) is 0 Å². The molecule has 1 heterocycles. The second-order valence-electron chi connectivity index (χ2n) is 3.25. The Morgan fingerprint density at radius 3 is 2.80 bits per heavy atom. The SMILES string of the molecule is [B]C1COC(CC)[C@@H](C)C1. The zero-order valence-corrected chi connectivity index (χ0v) is 6.84. The predicted molar refractivity (Wildman–Crippen MR) is 43.3 cm³/mol. The van der Waals surface area contributed by atoms with Crippen molar-refractivity contribution in [2.24, 2.45) is 5.92 Å². The van der Waals surface area contributed by atoms with Crippen LogP contribution in [-0.2, 0) is 4.74 Å². The highest BCUT2D eigenvalue weighted by atomic mass is 16.5. The van der Waals surface area contributed by atoms with Crippen LogP contribution in [0.3, 0.4) is 0 Å². The molecule has 1 aliphatic rings. The van der Waals surface area contributed by atoms with Crippen LogP contribution in [0.1, 0.15) is 26.7 Å². The fourth-order valence-corrected chi connectivity index (χ4v) is 1.63. The molecule has 1 aliphatic heterocycles. The average Bonchev–Trinajstić information content (AvgIpc) is 1.88. The summed E-state index contributed by atoms with van der Waals surface area (Å²) in [7, 11) is 5.72. The molecule has 1 fully saturated rings. The summed E-state index contributed by atoms with van der Waals surface area (Å²) in [4.78, 5) is 0. The highest BCUT2D eigenvalue weighted by Crippen LogP contribution is 2.27. The van der Waals surface area contributed by atoms with E-state index >= 15 is 0 Å². The zero-order chi connectivity index (χ0) is 7.56. The molecule has 0 aromatic carbocycles. The Labute approximate surface area is 64.6 Å². The van der Waals surface area contributed by atoms with Gasteiger partial charge in [-0.05, 0) is 12.3 Å². The van der Waals surface area contributed by atoms with Crippen LogP contribution in [0.2, 0.25) is 5.82 Å². The smallest absolute Gasteiger partial charge is 0.0730 e. The van der Waals surface area contributed by atoms with Gasteiger partial charge in [0.05, 0.1) is 14.0 Å². The molecule has 2 unspecified atom stereocenters. The van der Waals surface area contributed by atoms with Crippen molar-refractivity contribution in [1.29, 1.82) is 0 Å². The van der Waals surface area contributed by atoms with Gasteiger partial charge in [0.1, 0.15) is 0 Å². The second kappa shape index (κ2) is 3.43. The quantitative estimate of drug-likeness (QED) is 0.501. The van der Waals surface area contributed by atoms with Gasteiger partial charge in [-0.3, -0.25) is 0 Å². The first-order valence-electron chi connectivity index (χ1n) is 4.11. The van der Waals surface area contributed by atoms with E-state index in [1.807, 2.05) is 0 Å². The molecule has 0 aliphatic carbocycles. The van der Waals surface area contributed by atoms with Crippen LogP contribution in [0.5, 0.6) is 0 Å². The van der Waals surface area contributed by atoms with Crippen molar-refractivity contribution in [3.05, 3.63) is 0 Å². The van der Waals surface area contributed by atoms with Gasteiger partial charge in [0.15, 0.2) is 0 Å². The molecule has 1 nitrogen and oxygen atoms in total. The molecule has 1 saturated heterocycles. The highest BCUT2D eigenvalue weighted by molar-refractivity contribution is 6.11. The Bertz CT molecular complexity index is 105. The molecule has 0 bridgehead atoms. The normalized spacial score (nSPS) is 41.6. The lowest BCUT2D eigenvalue weighted by Gasteiger charge is -2.32. The van der Waals surface area contributed by atoms with Gasteiger partial charge in [0.25, 0.3) is 0 Å². The summed E-state index contributed by atoms with van der Waals surface area (Å²) in [5.41, 5.74) is 0. The standard InChI is InChI=1S/C8H15BO/c1-3-8-6(2)4-7(9)5-10-8/h6-8H,3-5H2,1-2H3/t6-,7?,8?/m0/s1. The van der Waals surface area contributed by atoms with E-state index in [1.54, 1.807) is 0 Å². The monoisotopic (exact) mass is 138 g/mol. The van der Waals surface area contributed by atoms with Gasteiger partial charge in [0.2, 0.25) is 0 Å². The fourth-order valence-electron chi connectivity index (χ4n) is 1.63. The summed E-state index contributed by atoms with van der Waals surface area (Å²) in [5.74, 6) is 0.923. The summed E-state index contributed by atoms with van der Waals surface area (Å²) < 4.78 is 5.53. The summed E-state index contributed by atoms with van der Waals surface area (Å²) >= 11 is 0. The van der Waals surface area contributed by atoms with Gasteiger partial charge in [-0.1, -0.05) is 26.1 Å². The van der Waals surface area contributed by atoms with Crippen molar-refractivity contribution in [3.8, 4) is 0 Å². The van der Waals surface area contributed by atoms with Crippen LogP contribution >= 0.6 is 0 Å². The summed E-state index contributed by atoms with van der Waals surface area (Å²) in [6.07, 6.45) is 2.70. The largest absolute Gasteiger partial charge is 0.378 e. The fraction of sp³-hybridized carbons (Fsp3) is 1.00. The maximum absolute atomic E-state index is 5.72. The Hall–Kier alpha value is 0.0249. The summed E-state index contributed by atoms with van der Waals surface area (Å²) in [6.45, 7) is 5.13. The number of ether oxygens (including phenoxy) is 1. The van der Waals surface area contributed by atoms with Gasteiger partial charge < -0.3 is 4.74 Å². The third-order valence-corrected chi connectivity index (χ3v) is 2.24. The molecular weight excluding hydrogens is 123 g/mol. The lowest BCUT2D eigenvalue weighted by Crippen LogP contribution is -2.30. The third-order valence-electron chi connectivity index (χ3n) is 2.24. The predicted octanol–water partition coefficient (Wildman–Crippen LogP) is 1.78. The van der Waals surface area contributed by atoms with Crippen LogP contribution in [0.25, 0.3) is 0 Å². The van der Waals surface area contributed by atoms with Crippen molar-refractivity contribution in [2.45, 2.75) is 38.6 Å². The molecule has 0 spiro atoms. The molecule has 2 heteroatoms. The van der Waals surface area contributed by atoms with Crippen LogP contribution in [0.4, 0.5) is 0 Å². The Morgan fingerprint density at radius 1 is 1.60 bits per heavy atom. The number of hydrogen-bond donors (Lipinski definition) is 0. The van der Waals surface area contributed by atoms with Crippen LogP contribution in [0.15, 0.2) is 0 Å². The molecule has 0 aromatic rings. The molecule has 2 radical (unpaired) electrons. The maximum Gasteiger partial charge on any atom is 0.0730 e. The van der Waals surface area contributed by atoms with E-state index in [0.29, 0.717) is 12.0 Å². The highest BCUT2D eigenvalue weighted by Gasteiger charge is 2.23. The minimum atomic E-state index is 0.276. The zero-order valence-electron chi connectivity index (χ0n) is 6.84. The Kier molecular flexibility index (Phi) is 2.78. The van der Waals surface area contributed by atoms with Crippen LogP contribution in [-0.4, -0.2) is 20.6 Å². The first kappa shape index (κ1) is 8.12. The Balaban J connectivity index is 2.36. The molecule has 0 saturated carbocycles. The van der Waals surface area contributed by atoms with Gasteiger partial charge in [-0.2, -0.15) is 0 Å². The molecule has 56 valence electrons. The average molecular weight is 138 g/mol. The molecule has 0 N–H and O–H groups in total. The molecular formula is C8H15BO. The van der Waals surface area contributed by atoms with E-state index in [-0.39, 0.29) is 5.82 Å². The second-order valence-corrected chi connectivity index (χ2v) is 3.25. The van der Waals surface area contributed by atoms with E-state index in [0.717, 1.165) is 19.4 Å². The van der Waals surface area contributed by atoms with Crippen molar-refractivity contribution >= 4 is 7.85 Å². The van der Waals surface area contributed by atoms with Gasteiger partial charge >= 0.3 is 0 Å². The van der Waals surface area contributed by atoms with E-state index in [1.165, 1.54) is 0 Å². The summed E-state index contributed by atoms with van der Waals surface area (Å²) in [5, 5.41) is 0. The lowest BCUT2D eigenvalue weighted by atomic mass is 9.77. The molecule has 0 aromatic heterocycles. The van der Waals surface area contributed by atoms with E-state index < -0.39 is 0 Å². The number of rotatable bonds is 1. The van der Waals surface area contributed by atoms with Crippen LogP contribution in [0, 0.1) is 5.92 Å². The lowest BCUT2D eigenvalue weighted by molar-refractivity contribution is -0.0210. The number of hydrogen-bond acceptors (Lipinski definition) is 1.